The molecule has 0 amide bonds. The summed E-state index contributed by atoms with van der Waals surface area (Å²) in [6, 6.07) is 7.61. The third-order valence-corrected chi connectivity index (χ3v) is 4.17. The number of hydrogen-bond donors (Lipinski definition) is 2. The van der Waals surface area contributed by atoms with Gasteiger partial charge in [-0.25, -0.2) is 14.2 Å². The van der Waals surface area contributed by atoms with E-state index in [1.165, 1.54) is 6.07 Å². The minimum atomic E-state index is -1.20. The van der Waals surface area contributed by atoms with Crippen LogP contribution < -0.4 is 5.32 Å². The molecule has 118 valence electrons. The van der Waals surface area contributed by atoms with Crippen LogP contribution in [0.25, 0.3) is 11.0 Å². The number of hydrogen-bond acceptors (Lipinski definition) is 3. The lowest BCUT2D eigenvalue weighted by Gasteiger charge is -2.08. The molecule has 1 heterocycles. The number of rotatable bonds is 3. The van der Waals surface area contributed by atoms with E-state index in [0.717, 1.165) is 10.5 Å². The summed E-state index contributed by atoms with van der Waals surface area (Å²) in [4.78, 5) is 15.2. The van der Waals surface area contributed by atoms with Crippen molar-refractivity contribution in [2.24, 2.45) is 7.05 Å². The second-order valence-corrected chi connectivity index (χ2v) is 6.20. The summed E-state index contributed by atoms with van der Waals surface area (Å²) in [5, 5.41) is 12.5. The van der Waals surface area contributed by atoms with Gasteiger partial charge in [-0.05, 0) is 30.3 Å². The molecule has 8 heteroatoms. The first-order valence-corrected chi connectivity index (χ1v) is 7.65. The van der Waals surface area contributed by atoms with Gasteiger partial charge in [-0.1, -0.05) is 27.5 Å². The summed E-state index contributed by atoms with van der Waals surface area (Å²) in [6.45, 7) is 0. The van der Waals surface area contributed by atoms with E-state index >= 15 is 0 Å². The van der Waals surface area contributed by atoms with Crippen molar-refractivity contribution in [3.8, 4) is 0 Å². The number of carboxylic acids is 1. The van der Waals surface area contributed by atoms with Crippen LogP contribution in [0.3, 0.4) is 0 Å². The van der Waals surface area contributed by atoms with E-state index in [0.29, 0.717) is 22.2 Å². The van der Waals surface area contributed by atoms with Crippen LogP contribution >= 0.6 is 27.5 Å². The van der Waals surface area contributed by atoms with Crippen molar-refractivity contribution in [3.63, 3.8) is 0 Å². The maximum absolute atomic E-state index is 14.1. The predicted molar refractivity (Wildman–Crippen MR) is 90.1 cm³/mol. The standard InChI is InChI=1S/C15H10BrClFN3O2/c1-21-12-5-7(14(22)23)4-10(18)13(12)20-15(21)19-11-3-2-8(16)6-9(11)17/h2-6H,1H3,(H,19,20)(H,22,23). The number of imidazole rings is 1. The molecule has 0 aliphatic rings. The highest BCUT2D eigenvalue weighted by molar-refractivity contribution is 9.10. The lowest BCUT2D eigenvalue weighted by atomic mass is 10.2. The SMILES string of the molecule is Cn1c(Nc2ccc(Br)cc2Cl)nc2c(F)cc(C(=O)O)cc21. The highest BCUT2D eigenvalue weighted by Crippen LogP contribution is 2.30. The third kappa shape index (κ3) is 2.89. The molecule has 0 radical (unpaired) electrons. The van der Waals surface area contributed by atoms with Gasteiger partial charge in [0.2, 0.25) is 5.95 Å². The van der Waals surface area contributed by atoms with Gasteiger partial charge in [-0.2, -0.15) is 0 Å². The van der Waals surface area contributed by atoms with Crippen molar-refractivity contribution in [1.82, 2.24) is 9.55 Å². The zero-order valence-electron chi connectivity index (χ0n) is 11.8. The van der Waals surface area contributed by atoms with Gasteiger partial charge in [0.05, 0.1) is 21.8 Å². The van der Waals surface area contributed by atoms with Crippen LogP contribution in [-0.4, -0.2) is 20.6 Å². The van der Waals surface area contributed by atoms with E-state index in [2.05, 4.69) is 26.2 Å². The highest BCUT2D eigenvalue weighted by Gasteiger charge is 2.16. The maximum atomic E-state index is 14.1. The van der Waals surface area contributed by atoms with Gasteiger partial charge in [0.25, 0.3) is 0 Å². The zero-order chi connectivity index (χ0) is 16.7. The fourth-order valence-corrected chi connectivity index (χ4v) is 2.91. The fourth-order valence-electron chi connectivity index (χ4n) is 2.19. The van der Waals surface area contributed by atoms with E-state index in [-0.39, 0.29) is 11.1 Å². The summed E-state index contributed by atoms with van der Waals surface area (Å²) in [6.07, 6.45) is 0. The van der Waals surface area contributed by atoms with Crippen molar-refractivity contribution in [3.05, 3.63) is 51.2 Å². The Kier molecular flexibility index (Phi) is 3.99. The molecular weight excluding hydrogens is 389 g/mol. The zero-order valence-corrected chi connectivity index (χ0v) is 14.1. The Hall–Kier alpha value is -2.12. The summed E-state index contributed by atoms with van der Waals surface area (Å²) >= 11 is 9.46. The van der Waals surface area contributed by atoms with Crippen LogP contribution in [0.15, 0.2) is 34.8 Å². The molecule has 0 unspecified atom stereocenters. The number of aryl methyl sites for hydroxylation is 1. The van der Waals surface area contributed by atoms with Gasteiger partial charge in [-0.3, -0.25) is 0 Å². The topological polar surface area (TPSA) is 67.2 Å². The normalized spacial score (nSPS) is 11.0. The Morgan fingerprint density at radius 3 is 2.78 bits per heavy atom. The summed E-state index contributed by atoms with van der Waals surface area (Å²) in [7, 11) is 1.66. The van der Waals surface area contributed by atoms with Crippen LogP contribution in [0.1, 0.15) is 10.4 Å². The minimum Gasteiger partial charge on any atom is -0.478 e. The summed E-state index contributed by atoms with van der Waals surface area (Å²) in [5.74, 6) is -1.53. The smallest absolute Gasteiger partial charge is 0.335 e. The molecule has 3 aromatic rings. The number of carboxylic acid groups (broad SMARTS) is 1. The Bertz CT molecular complexity index is 942. The molecular formula is C15H10BrClFN3O2. The molecule has 2 aromatic carbocycles. The Labute approximate surface area is 143 Å². The molecule has 0 bridgehead atoms. The molecule has 0 aliphatic carbocycles. The molecule has 23 heavy (non-hydrogen) atoms. The summed E-state index contributed by atoms with van der Waals surface area (Å²) in [5.41, 5.74) is 0.935. The number of aromatic nitrogens is 2. The van der Waals surface area contributed by atoms with Crippen LogP contribution in [0.2, 0.25) is 5.02 Å². The van der Waals surface area contributed by atoms with Crippen molar-refractivity contribution in [2.45, 2.75) is 0 Å². The molecule has 0 spiro atoms. The number of nitrogens with one attached hydrogen (secondary N) is 1. The Morgan fingerprint density at radius 2 is 2.13 bits per heavy atom. The van der Waals surface area contributed by atoms with Gasteiger partial charge < -0.3 is 15.0 Å². The highest BCUT2D eigenvalue weighted by atomic mass is 79.9. The average molecular weight is 399 g/mol. The largest absolute Gasteiger partial charge is 0.478 e. The van der Waals surface area contributed by atoms with E-state index in [1.54, 1.807) is 29.8 Å². The number of halogens is 3. The molecule has 1 aromatic heterocycles. The van der Waals surface area contributed by atoms with Crippen molar-refractivity contribution < 1.29 is 14.3 Å². The first-order valence-electron chi connectivity index (χ1n) is 6.48. The number of benzene rings is 2. The lowest BCUT2D eigenvalue weighted by molar-refractivity contribution is 0.0696. The van der Waals surface area contributed by atoms with E-state index in [1.807, 2.05) is 0 Å². The second kappa shape index (κ2) is 5.82. The Morgan fingerprint density at radius 1 is 1.39 bits per heavy atom. The fraction of sp³-hybridized carbons (Fsp3) is 0.0667. The Balaban J connectivity index is 2.10. The number of anilines is 2. The molecule has 0 saturated heterocycles. The van der Waals surface area contributed by atoms with Crippen molar-refractivity contribution in [1.29, 1.82) is 0 Å². The van der Waals surface area contributed by atoms with E-state index in [9.17, 15) is 9.18 Å². The molecule has 0 atom stereocenters. The second-order valence-electron chi connectivity index (χ2n) is 4.87. The molecule has 0 fully saturated rings. The maximum Gasteiger partial charge on any atom is 0.335 e. The average Bonchev–Trinajstić information content (AvgIpc) is 2.79. The predicted octanol–water partition coefficient (Wildman–Crippen LogP) is 4.57. The van der Waals surface area contributed by atoms with Crippen LogP contribution in [0.5, 0.6) is 0 Å². The van der Waals surface area contributed by atoms with E-state index < -0.39 is 11.8 Å². The first-order chi connectivity index (χ1) is 10.9. The quantitative estimate of drug-likeness (QED) is 0.678. The minimum absolute atomic E-state index is 0.0910. The van der Waals surface area contributed by atoms with Crippen LogP contribution in [0.4, 0.5) is 16.0 Å². The number of aromatic carboxylic acids is 1. The molecule has 0 saturated carbocycles. The molecule has 0 aliphatic heterocycles. The summed E-state index contributed by atoms with van der Waals surface area (Å²) < 4.78 is 16.5. The van der Waals surface area contributed by atoms with E-state index in [4.69, 9.17) is 16.7 Å². The molecule has 3 rings (SSSR count). The monoisotopic (exact) mass is 397 g/mol. The van der Waals surface area contributed by atoms with Crippen molar-refractivity contribution >= 4 is 56.2 Å². The molecule has 2 N–H and O–H groups in total. The number of nitrogens with zero attached hydrogens (tertiary/aromatic N) is 2. The molecule has 5 nitrogen and oxygen atoms in total. The van der Waals surface area contributed by atoms with Crippen LogP contribution in [0, 0.1) is 5.82 Å². The van der Waals surface area contributed by atoms with Crippen molar-refractivity contribution in [2.75, 3.05) is 5.32 Å². The van der Waals surface area contributed by atoms with Gasteiger partial charge in [0, 0.05) is 11.5 Å². The number of fused-ring (bicyclic) bond motifs is 1. The first kappa shape index (κ1) is 15.8. The van der Waals surface area contributed by atoms with Gasteiger partial charge in [0.15, 0.2) is 5.82 Å². The van der Waals surface area contributed by atoms with Gasteiger partial charge in [-0.15, -0.1) is 0 Å². The van der Waals surface area contributed by atoms with Gasteiger partial charge in [0.1, 0.15) is 5.52 Å². The third-order valence-electron chi connectivity index (χ3n) is 3.36. The van der Waals surface area contributed by atoms with Crippen LogP contribution in [-0.2, 0) is 7.05 Å². The lowest BCUT2D eigenvalue weighted by Crippen LogP contribution is -2.00. The number of carbonyl (C=O) groups is 1. The van der Waals surface area contributed by atoms with Gasteiger partial charge >= 0.3 is 5.97 Å².